The molecule has 1 heterocycles. The molecule has 1 aromatic rings. The van der Waals surface area contributed by atoms with Crippen LogP contribution >= 0.6 is 15.9 Å². The van der Waals surface area contributed by atoms with Crippen LogP contribution in [0.4, 0.5) is 0 Å². The van der Waals surface area contributed by atoms with E-state index in [2.05, 4.69) is 15.9 Å². The lowest BCUT2D eigenvalue weighted by Gasteiger charge is -2.42. The van der Waals surface area contributed by atoms with Crippen LogP contribution in [0.3, 0.4) is 0 Å². The molecule has 3 N–H and O–H groups in total. The van der Waals surface area contributed by atoms with Gasteiger partial charge in [0.25, 0.3) is 0 Å². The Labute approximate surface area is 113 Å². The predicted molar refractivity (Wildman–Crippen MR) is 68.5 cm³/mol. The van der Waals surface area contributed by atoms with Crippen molar-refractivity contribution < 1.29 is 19.4 Å². The van der Waals surface area contributed by atoms with Crippen molar-refractivity contribution in [3.05, 3.63) is 28.2 Å². The van der Waals surface area contributed by atoms with Gasteiger partial charge in [-0.1, -0.05) is 6.07 Å². The second-order valence-corrected chi connectivity index (χ2v) is 5.18. The molecule has 6 heteroatoms. The molecule has 2 rings (SSSR count). The summed E-state index contributed by atoms with van der Waals surface area (Å²) in [6, 6.07) is 4.71. The van der Waals surface area contributed by atoms with E-state index in [4.69, 9.17) is 15.2 Å². The van der Waals surface area contributed by atoms with Gasteiger partial charge in [-0.05, 0) is 33.6 Å². The Morgan fingerprint density at radius 3 is 2.67 bits per heavy atom. The third-order valence-electron chi connectivity index (χ3n) is 3.28. The van der Waals surface area contributed by atoms with Gasteiger partial charge in [-0.15, -0.1) is 0 Å². The number of carboxylic acids is 1. The third-order valence-corrected chi connectivity index (χ3v) is 3.90. The molecule has 1 unspecified atom stereocenters. The summed E-state index contributed by atoms with van der Waals surface area (Å²) in [5.41, 5.74) is 5.80. The minimum absolute atomic E-state index is 0.146. The smallest absolute Gasteiger partial charge is 0.316 e. The van der Waals surface area contributed by atoms with Crippen LogP contribution in [0.2, 0.25) is 0 Å². The molecule has 0 amide bonds. The lowest BCUT2D eigenvalue weighted by molar-refractivity contribution is -0.184. The van der Waals surface area contributed by atoms with E-state index >= 15 is 0 Å². The molecule has 0 bridgehead atoms. The predicted octanol–water partition coefficient (Wildman–Crippen LogP) is 1.56. The molecule has 1 aliphatic rings. The highest BCUT2D eigenvalue weighted by molar-refractivity contribution is 9.10. The number of hydrogen-bond acceptors (Lipinski definition) is 4. The highest BCUT2D eigenvalue weighted by Gasteiger charge is 2.51. The van der Waals surface area contributed by atoms with Gasteiger partial charge in [0, 0.05) is 0 Å². The minimum atomic E-state index is -1.02. The maximum Gasteiger partial charge on any atom is 0.316 e. The van der Waals surface area contributed by atoms with Crippen LogP contribution in [0.5, 0.6) is 5.75 Å². The van der Waals surface area contributed by atoms with Crippen molar-refractivity contribution in [3.63, 3.8) is 0 Å². The quantitative estimate of drug-likeness (QED) is 0.881. The van der Waals surface area contributed by atoms with Crippen molar-refractivity contribution in [3.8, 4) is 5.75 Å². The van der Waals surface area contributed by atoms with Gasteiger partial charge < -0.3 is 20.3 Å². The van der Waals surface area contributed by atoms with Crippen molar-refractivity contribution in [2.45, 2.75) is 6.04 Å². The molecular weight excluding hydrogens is 302 g/mol. The number of benzene rings is 1. The van der Waals surface area contributed by atoms with Gasteiger partial charge in [0.1, 0.15) is 11.2 Å². The fourth-order valence-corrected chi connectivity index (χ4v) is 2.51. The Bertz CT molecular complexity index is 473. The molecule has 1 aromatic carbocycles. The van der Waals surface area contributed by atoms with Crippen LogP contribution in [0.15, 0.2) is 22.7 Å². The maximum atomic E-state index is 11.3. The van der Waals surface area contributed by atoms with Crippen LogP contribution in [0, 0.1) is 5.41 Å². The summed E-state index contributed by atoms with van der Waals surface area (Å²) in [5.74, 6) is -0.242. The summed E-state index contributed by atoms with van der Waals surface area (Å²) in [4.78, 5) is 11.3. The Balaban J connectivity index is 2.31. The molecule has 1 atom stereocenters. The number of rotatable bonds is 4. The first kappa shape index (κ1) is 13.3. The number of ether oxygens (including phenoxy) is 2. The Kier molecular flexibility index (Phi) is 3.61. The summed E-state index contributed by atoms with van der Waals surface area (Å²) in [5, 5.41) is 9.29. The van der Waals surface area contributed by atoms with E-state index in [9.17, 15) is 9.90 Å². The van der Waals surface area contributed by atoms with Gasteiger partial charge in [0.2, 0.25) is 0 Å². The SMILES string of the molecule is COc1ccc(C(N)C2(C(=O)O)COC2)cc1Br. The summed E-state index contributed by atoms with van der Waals surface area (Å²) in [6.45, 7) is 0.292. The maximum absolute atomic E-state index is 11.3. The van der Waals surface area contributed by atoms with E-state index in [0.29, 0.717) is 5.75 Å². The lowest BCUT2D eigenvalue weighted by atomic mass is 9.75. The van der Waals surface area contributed by atoms with Crippen LogP contribution in [-0.2, 0) is 9.53 Å². The molecule has 1 aliphatic heterocycles. The first-order valence-electron chi connectivity index (χ1n) is 5.41. The standard InChI is InChI=1S/C12H14BrNO4/c1-17-9-3-2-7(4-8(9)13)10(14)12(11(15)16)5-18-6-12/h2-4,10H,5-6,14H2,1H3,(H,15,16). The Morgan fingerprint density at radius 1 is 1.61 bits per heavy atom. The summed E-state index contributed by atoms with van der Waals surface area (Å²) in [6.07, 6.45) is 0. The molecule has 1 saturated heterocycles. The first-order chi connectivity index (χ1) is 8.51. The first-order valence-corrected chi connectivity index (χ1v) is 6.21. The van der Waals surface area contributed by atoms with E-state index in [1.807, 2.05) is 0 Å². The Morgan fingerprint density at radius 2 is 2.28 bits per heavy atom. The van der Waals surface area contributed by atoms with E-state index < -0.39 is 17.4 Å². The number of carbonyl (C=O) groups is 1. The van der Waals surface area contributed by atoms with Gasteiger partial charge >= 0.3 is 5.97 Å². The van der Waals surface area contributed by atoms with E-state index in [1.54, 1.807) is 25.3 Å². The van der Waals surface area contributed by atoms with Gasteiger partial charge in [-0.2, -0.15) is 0 Å². The zero-order valence-corrected chi connectivity index (χ0v) is 11.4. The summed E-state index contributed by atoms with van der Waals surface area (Å²) < 4.78 is 10.9. The molecule has 0 radical (unpaired) electrons. The topological polar surface area (TPSA) is 81.8 Å². The molecular formula is C12H14BrNO4. The van der Waals surface area contributed by atoms with Crippen molar-refractivity contribution in [2.75, 3.05) is 20.3 Å². The van der Waals surface area contributed by atoms with Crippen molar-refractivity contribution in [2.24, 2.45) is 11.1 Å². The van der Waals surface area contributed by atoms with Gasteiger partial charge in [-0.25, -0.2) is 0 Å². The molecule has 0 spiro atoms. The van der Waals surface area contributed by atoms with Gasteiger partial charge in [0.05, 0.1) is 30.8 Å². The molecule has 0 saturated carbocycles. The minimum Gasteiger partial charge on any atom is -0.496 e. The monoisotopic (exact) mass is 315 g/mol. The number of halogens is 1. The van der Waals surface area contributed by atoms with Crippen molar-refractivity contribution >= 4 is 21.9 Å². The fraction of sp³-hybridized carbons (Fsp3) is 0.417. The Hall–Kier alpha value is -1.11. The number of methoxy groups -OCH3 is 1. The van der Waals surface area contributed by atoms with Crippen LogP contribution in [-0.4, -0.2) is 31.4 Å². The molecule has 98 valence electrons. The largest absolute Gasteiger partial charge is 0.496 e. The molecule has 1 fully saturated rings. The normalized spacial score (nSPS) is 18.8. The lowest BCUT2D eigenvalue weighted by Crippen LogP contribution is -2.55. The second kappa shape index (κ2) is 4.87. The second-order valence-electron chi connectivity index (χ2n) is 4.33. The number of hydrogen-bond donors (Lipinski definition) is 2. The van der Waals surface area contributed by atoms with Crippen molar-refractivity contribution in [1.29, 1.82) is 0 Å². The molecule has 0 aliphatic carbocycles. The van der Waals surface area contributed by atoms with Gasteiger partial charge in [-0.3, -0.25) is 4.79 Å². The van der Waals surface area contributed by atoms with Crippen LogP contribution in [0.1, 0.15) is 11.6 Å². The fourth-order valence-electron chi connectivity index (χ4n) is 1.95. The van der Waals surface area contributed by atoms with Crippen LogP contribution in [0.25, 0.3) is 0 Å². The van der Waals surface area contributed by atoms with Gasteiger partial charge in [0.15, 0.2) is 0 Å². The third kappa shape index (κ3) is 2.00. The number of aliphatic carboxylic acids is 1. The zero-order valence-electron chi connectivity index (χ0n) is 9.85. The molecule has 18 heavy (non-hydrogen) atoms. The average Bonchev–Trinajstić information content (AvgIpc) is 2.26. The van der Waals surface area contributed by atoms with E-state index in [1.165, 1.54) is 0 Å². The zero-order chi connectivity index (χ0) is 13.3. The summed E-state index contributed by atoms with van der Waals surface area (Å²) >= 11 is 3.36. The molecule has 0 aromatic heterocycles. The number of nitrogens with two attached hydrogens (primary N) is 1. The van der Waals surface area contributed by atoms with E-state index in [0.717, 1.165) is 10.0 Å². The highest BCUT2D eigenvalue weighted by Crippen LogP contribution is 2.40. The van der Waals surface area contributed by atoms with E-state index in [-0.39, 0.29) is 13.2 Å². The summed E-state index contributed by atoms with van der Waals surface area (Å²) in [7, 11) is 1.57. The number of carboxylic acid groups (broad SMARTS) is 1. The highest BCUT2D eigenvalue weighted by atomic mass is 79.9. The molecule has 5 nitrogen and oxygen atoms in total. The van der Waals surface area contributed by atoms with Crippen molar-refractivity contribution in [1.82, 2.24) is 0 Å². The van der Waals surface area contributed by atoms with Crippen LogP contribution < -0.4 is 10.5 Å². The average molecular weight is 316 g/mol.